The Labute approximate surface area is 110 Å². The van der Waals surface area contributed by atoms with Crippen molar-refractivity contribution in [3.8, 4) is 11.4 Å². The molecule has 0 aliphatic heterocycles. The number of aromatic nitrogens is 4. The van der Waals surface area contributed by atoms with Gasteiger partial charge in [0.1, 0.15) is 12.0 Å². The zero-order valence-corrected chi connectivity index (χ0v) is 10.2. The van der Waals surface area contributed by atoms with Gasteiger partial charge >= 0.3 is 0 Å². The molecule has 0 atom stereocenters. The highest BCUT2D eigenvalue weighted by Gasteiger charge is 2.03. The summed E-state index contributed by atoms with van der Waals surface area (Å²) in [5.41, 5.74) is 2.52. The molecule has 94 valence electrons. The van der Waals surface area contributed by atoms with Crippen molar-refractivity contribution in [1.29, 1.82) is 0 Å². The van der Waals surface area contributed by atoms with Crippen molar-refractivity contribution in [3.05, 3.63) is 60.8 Å². The van der Waals surface area contributed by atoms with Gasteiger partial charge in [0, 0.05) is 18.8 Å². The van der Waals surface area contributed by atoms with Crippen molar-refractivity contribution < 1.29 is 4.42 Å². The summed E-state index contributed by atoms with van der Waals surface area (Å²) < 4.78 is 5.18. The zero-order chi connectivity index (χ0) is 12.9. The Bertz CT molecular complexity index is 620. The molecule has 0 aliphatic carbocycles. The van der Waals surface area contributed by atoms with Crippen LogP contribution < -0.4 is 0 Å². The molecule has 0 radical (unpaired) electrons. The van der Waals surface area contributed by atoms with Gasteiger partial charge < -0.3 is 4.42 Å². The highest BCUT2D eigenvalue weighted by atomic mass is 16.3. The lowest BCUT2D eigenvalue weighted by Crippen LogP contribution is -1.97. The van der Waals surface area contributed by atoms with Crippen LogP contribution in [-0.2, 0) is 12.8 Å². The van der Waals surface area contributed by atoms with Crippen LogP contribution in [-0.4, -0.2) is 19.9 Å². The van der Waals surface area contributed by atoms with E-state index in [2.05, 4.69) is 19.9 Å². The van der Waals surface area contributed by atoms with E-state index < -0.39 is 0 Å². The number of oxazole rings is 1. The molecule has 0 spiro atoms. The van der Waals surface area contributed by atoms with Crippen molar-refractivity contribution in [2.45, 2.75) is 12.8 Å². The maximum Gasteiger partial charge on any atom is 0.194 e. The van der Waals surface area contributed by atoms with Crippen LogP contribution in [0.3, 0.4) is 0 Å². The molecule has 0 unspecified atom stereocenters. The SMILES string of the molecule is c1ccc(-c2cnc(CCc3ncco3)cn2)nc1. The van der Waals surface area contributed by atoms with Crippen LogP contribution in [0, 0.1) is 0 Å². The van der Waals surface area contributed by atoms with Crippen LogP contribution in [0.2, 0.25) is 0 Å². The van der Waals surface area contributed by atoms with E-state index in [4.69, 9.17) is 4.42 Å². The standard InChI is InChI=1S/C14H12N4O/c1-2-6-15-12(3-1)13-10-17-11(9-18-13)4-5-14-16-7-8-19-14/h1-3,6-10H,4-5H2. The predicted molar refractivity (Wildman–Crippen MR) is 69.2 cm³/mol. The van der Waals surface area contributed by atoms with E-state index in [1.807, 2.05) is 18.2 Å². The van der Waals surface area contributed by atoms with Gasteiger partial charge in [-0.2, -0.15) is 0 Å². The summed E-state index contributed by atoms with van der Waals surface area (Å²) in [5.74, 6) is 0.718. The summed E-state index contributed by atoms with van der Waals surface area (Å²) in [6, 6.07) is 5.72. The first-order valence-electron chi connectivity index (χ1n) is 6.02. The van der Waals surface area contributed by atoms with E-state index >= 15 is 0 Å². The third kappa shape index (κ3) is 2.82. The summed E-state index contributed by atoms with van der Waals surface area (Å²) in [6.45, 7) is 0. The van der Waals surface area contributed by atoms with Gasteiger partial charge in [-0.15, -0.1) is 0 Å². The molecular formula is C14H12N4O. The lowest BCUT2D eigenvalue weighted by Gasteiger charge is -2.01. The highest BCUT2D eigenvalue weighted by Crippen LogP contribution is 2.12. The summed E-state index contributed by atoms with van der Waals surface area (Å²) in [6.07, 6.45) is 9.96. The first-order valence-corrected chi connectivity index (χ1v) is 6.02. The van der Waals surface area contributed by atoms with Gasteiger partial charge in [-0.1, -0.05) is 6.07 Å². The Morgan fingerprint density at radius 1 is 0.842 bits per heavy atom. The van der Waals surface area contributed by atoms with Gasteiger partial charge in [-0.25, -0.2) is 4.98 Å². The van der Waals surface area contributed by atoms with E-state index in [1.165, 1.54) is 0 Å². The summed E-state index contributed by atoms with van der Waals surface area (Å²) in [5, 5.41) is 0. The van der Waals surface area contributed by atoms with E-state index in [9.17, 15) is 0 Å². The van der Waals surface area contributed by atoms with E-state index in [0.717, 1.165) is 35.8 Å². The van der Waals surface area contributed by atoms with Crippen molar-refractivity contribution in [3.63, 3.8) is 0 Å². The first-order chi connectivity index (χ1) is 9.42. The summed E-state index contributed by atoms with van der Waals surface area (Å²) in [7, 11) is 0. The fraction of sp³-hybridized carbons (Fsp3) is 0.143. The number of pyridine rings is 1. The molecule has 0 saturated heterocycles. The average Bonchev–Trinajstić information content (AvgIpc) is 3.00. The molecule has 0 saturated carbocycles. The summed E-state index contributed by atoms with van der Waals surface area (Å²) >= 11 is 0. The topological polar surface area (TPSA) is 64.7 Å². The molecule has 5 nitrogen and oxygen atoms in total. The lowest BCUT2D eigenvalue weighted by molar-refractivity contribution is 0.492. The lowest BCUT2D eigenvalue weighted by atomic mass is 10.2. The monoisotopic (exact) mass is 252 g/mol. The number of hydrogen-bond donors (Lipinski definition) is 0. The Hall–Kier alpha value is -2.56. The number of rotatable bonds is 4. The van der Waals surface area contributed by atoms with Gasteiger partial charge in [0.15, 0.2) is 5.89 Å². The highest BCUT2D eigenvalue weighted by molar-refractivity contribution is 5.51. The quantitative estimate of drug-likeness (QED) is 0.713. The molecule has 0 amide bonds. The molecular weight excluding hydrogens is 240 g/mol. The molecule has 3 rings (SSSR count). The van der Waals surface area contributed by atoms with Crippen LogP contribution in [0.25, 0.3) is 11.4 Å². The summed E-state index contributed by atoms with van der Waals surface area (Å²) in [4.78, 5) is 17.1. The molecule has 3 heterocycles. The van der Waals surface area contributed by atoms with Crippen LogP contribution in [0.1, 0.15) is 11.6 Å². The van der Waals surface area contributed by atoms with Gasteiger partial charge in [0.05, 0.1) is 23.8 Å². The Morgan fingerprint density at radius 2 is 1.84 bits per heavy atom. The number of nitrogens with zero attached hydrogens (tertiary/aromatic N) is 4. The maximum absolute atomic E-state index is 5.18. The van der Waals surface area contributed by atoms with Gasteiger partial charge in [-0.05, 0) is 18.6 Å². The molecule has 0 fully saturated rings. The molecule has 3 aromatic rings. The average molecular weight is 252 g/mol. The smallest absolute Gasteiger partial charge is 0.194 e. The van der Waals surface area contributed by atoms with Crippen molar-refractivity contribution in [1.82, 2.24) is 19.9 Å². The van der Waals surface area contributed by atoms with Crippen molar-refractivity contribution in [2.24, 2.45) is 0 Å². The largest absolute Gasteiger partial charge is 0.449 e. The number of hydrogen-bond acceptors (Lipinski definition) is 5. The van der Waals surface area contributed by atoms with Gasteiger partial charge in [-0.3, -0.25) is 15.0 Å². The Kier molecular flexibility index (Phi) is 3.27. The minimum absolute atomic E-state index is 0.718. The molecule has 0 N–H and O–H groups in total. The third-order valence-electron chi connectivity index (χ3n) is 2.71. The van der Waals surface area contributed by atoms with Crippen LogP contribution >= 0.6 is 0 Å². The minimum Gasteiger partial charge on any atom is -0.449 e. The van der Waals surface area contributed by atoms with Crippen LogP contribution in [0.5, 0.6) is 0 Å². The van der Waals surface area contributed by atoms with Gasteiger partial charge in [0.2, 0.25) is 0 Å². The second-order valence-electron chi connectivity index (χ2n) is 4.03. The maximum atomic E-state index is 5.18. The van der Waals surface area contributed by atoms with Crippen molar-refractivity contribution >= 4 is 0 Å². The fourth-order valence-electron chi connectivity index (χ4n) is 1.74. The molecule has 19 heavy (non-hydrogen) atoms. The second-order valence-corrected chi connectivity index (χ2v) is 4.03. The minimum atomic E-state index is 0.718. The van der Waals surface area contributed by atoms with Crippen LogP contribution in [0.4, 0.5) is 0 Å². The second kappa shape index (κ2) is 5.39. The normalized spacial score (nSPS) is 10.5. The van der Waals surface area contributed by atoms with E-state index in [1.54, 1.807) is 31.1 Å². The van der Waals surface area contributed by atoms with Gasteiger partial charge in [0.25, 0.3) is 0 Å². The molecule has 0 aromatic carbocycles. The zero-order valence-electron chi connectivity index (χ0n) is 10.2. The van der Waals surface area contributed by atoms with Crippen LogP contribution in [0.15, 0.2) is 53.7 Å². The molecule has 0 aliphatic rings. The molecule has 3 aromatic heterocycles. The fourth-order valence-corrected chi connectivity index (χ4v) is 1.74. The third-order valence-corrected chi connectivity index (χ3v) is 2.71. The van der Waals surface area contributed by atoms with E-state index in [-0.39, 0.29) is 0 Å². The molecule has 5 heteroatoms. The molecule has 0 bridgehead atoms. The Morgan fingerprint density at radius 3 is 2.53 bits per heavy atom. The predicted octanol–water partition coefficient (Wildman–Crippen LogP) is 2.31. The Balaban J connectivity index is 1.69. The first kappa shape index (κ1) is 11.5. The van der Waals surface area contributed by atoms with E-state index in [0.29, 0.717) is 0 Å². The number of aryl methyl sites for hydroxylation is 2. The van der Waals surface area contributed by atoms with Crippen molar-refractivity contribution in [2.75, 3.05) is 0 Å².